The van der Waals surface area contributed by atoms with E-state index in [4.69, 9.17) is 16.3 Å². The lowest BCUT2D eigenvalue weighted by Gasteiger charge is -2.12. The van der Waals surface area contributed by atoms with Crippen LogP contribution >= 0.6 is 22.9 Å². The number of hydrogen-bond donors (Lipinski definition) is 1. The lowest BCUT2D eigenvalue weighted by Crippen LogP contribution is -2.17. The third-order valence-electron chi connectivity index (χ3n) is 4.25. The standard InChI is InChI=1S/C21H18ClNO4S/c1-27-18-7-5-13(6-8-18)19(21(25)26)11-17(24)10-16-12-28-20(23-16)14-3-2-4-15(22)9-14/h2-9,12,19H,10-11H2,1H3,(H,25,26). The number of hydrogen-bond acceptors (Lipinski definition) is 5. The van der Waals surface area contributed by atoms with Crippen molar-refractivity contribution in [2.75, 3.05) is 7.11 Å². The van der Waals surface area contributed by atoms with Crippen LogP contribution in [0.4, 0.5) is 0 Å². The van der Waals surface area contributed by atoms with E-state index >= 15 is 0 Å². The summed E-state index contributed by atoms with van der Waals surface area (Å²) in [4.78, 5) is 28.6. The van der Waals surface area contributed by atoms with E-state index < -0.39 is 11.9 Å². The van der Waals surface area contributed by atoms with E-state index in [-0.39, 0.29) is 18.6 Å². The first-order valence-electron chi connectivity index (χ1n) is 8.55. The van der Waals surface area contributed by atoms with Gasteiger partial charge in [0.1, 0.15) is 16.5 Å². The number of aliphatic carboxylic acids is 1. The topological polar surface area (TPSA) is 76.5 Å². The lowest BCUT2D eigenvalue weighted by molar-refractivity contribution is -0.140. The Morgan fingerprint density at radius 3 is 2.61 bits per heavy atom. The van der Waals surface area contributed by atoms with Gasteiger partial charge in [-0.1, -0.05) is 35.9 Å². The van der Waals surface area contributed by atoms with Gasteiger partial charge in [-0.15, -0.1) is 11.3 Å². The largest absolute Gasteiger partial charge is 0.497 e. The first-order valence-corrected chi connectivity index (χ1v) is 9.81. The normalized spacial score (nSPS) is 11.8. The van der Waals surface area contributed by atoms with E-state index in [1.165, 1.54) is 11.3 Å². The van der Waals surface area contributed by atoms with E-state index in [0.717, 1.165) is 10.6 Å². The van der Waals surface area contributed by atoms with Gasteiger partial charge in [0.2, 0.25) is 0 Å². The average molecular weight is 416 g/mol. The minimum atomic E-state index is -1.03. The quantitative estimate of drug-likeness (QED) is 0.569. The Balaban J connectivity index is 1.69. The summed E-state index contributed by atoms with van der Waals surface area (Å²) in [5, 5.41) is 12.7. The summed E-state index contributed by atoms with van der Waals surface area (Å²) in [6.45, 7) is 0. The van der Waals surface area contributed by atoms with Crippen LogP contribution in [0.1, 0.15) is 23.6 Å². The number of thiazole rings is 1. The maximum absolute atomic E-state index is 12.5. The maximum atomic E-state index is 12.5. The van der Waals surface area contributed by atoms with Gasteiger partial charge in [-0.25, -0.2) is 4.98 Å². The molecule has 1 aromatic heterocycles. The molecule has 7 heteroatoms. The average Bonchev–Trinajstić information content (AvgIpc) is 3.14. The fraction of sp³-hybridized carbons (Fsp3) is 0.190. The number of ether oxygens (including phenoxy) is 1. The summed E-state index contributed by atoms with van der Waals surface area (Å²) < 4.78 is 5.09. The van der Waals surface area contributed by atoms with Crippen molar-refractivity contribution in [3.05, 3.63) is 70.2 Å². The fourth-order valence-corrected chi connectivity index (χ4v) is 3.84. The van der Waals surface area contributed by atoms with Crippen LogP contribution in [0.25, 0.3) is 10.6 Å². The molecule has 1 atom stereocenters. The molecule has 0 aliphatic carbocycles. The van der Waals surface area contributed by atoms with Crippen molar-refractivity contribution < 1.29 is 19.4 Å². The predicted octanol–water partition coefficient (Wildman–Crippen LogP) is 4.84. The van der Waals surface area contributed by atoms with Crippen LogP contribution in [0.3, 0.4) is 0 Å². The van der Waals surface area contributed by atoms with E-state index in [9.17, 15) is 14.7 Å². The van der Waals surface area contributed by atoms with Crippen LogP contribution in [0.2, 0.25) is 5.02 Å². The zero-order valence-electron chi connectivity index (χ0n) is 15.1. The Labute approximate surface area is 171 Å². The molecule has 28 heavy (non-hydrogen) atoms. The van der Waals surface area contributed by atoms with Gasteiger partial charge in [-0.3, -0.25) is 9.59 Å². The number of carbonyl (C=O) groups is 2. The van der Waals surface area contributed by atoms with Crippen molar-refractivity contribution in [1.29, 1.82) is 0 Å². The van der Waals surface area contributed by atoms with E-state index in [1.54, 1.807) is 37.4 Å². The summed E-state index contributed by atoms with van der Waals surface area (Å²) in [5.74, 6) is -1.47. The van der Waals surface area contributed by atoms with E-state index in [2.05, 4.69) is 4.98 Å². The molecule has 1 unspecified atom stereocenters. The molecule has 144 valence electrons. The maximum Gasteiger partial charge on any atom is 0.311 e. The number of ketones is 1. The van der Waals surface area contributed by atoms with Gasteiger partial charge in [-0.2, -0.15) is 0 Å². The number of carbonyl (C=O) groups excluding carboxylic acids is 1. The van der Waals surface area contributed by atoms with Crippen molar-refractivity contribution in [3.63, 3.8) is 0 Å². The highest BCUT2D eigenvalue weighted by atomic mass is 35.5. The van der Waals surface area contributed by atoms with Crippen LogP contribution in [-0.4, -0.2) is 29.0 Å². The van der Waals surface area contributed by atoms with Crippen molar-refractivity contribution in [2.45, 2.75) is 18.8 Å². The van der Waals surface area contributed by atoms with Crippen molar-refractivity contribution in [1.82, 2.24) is 4.98 Å². The van der Waals surface area contributed by atoms with Gasteiger partial charge in [0.25, 0.3) is 0 Å². The van der Waals surface area contributed by atoms with Gasteiger partial charge >= 0.3 is 5.97 Å². The number of aromatic nitrogens is 1. The SMILES string of the molecule is COc1ccc(C(CC(=O)Cc2csc(-c3cccc(Cl)c3)n2)C(=O)O)cc1. The molecule has 1 heterocycles. The molecule has 0 aliphatic rings. The highest BCUT2D eigenvalue weighted by Crippen LogP contribution is 2.27. The molecule has 0 spiro atoms. The van der Waals surface area contributed by atoms with Gasteiger partial charge in [0, 0.05) is 28.8 Å². The molecule has 0 amide bonds. The Morgan fingerprint density at radius 2 is 1.96 bits per heavy atom. The highest BCUT2D eigenvalue weighted by molar-refractivity contribution is 7.13. The molecular weight excluding hydrogens is 398 g/mol. The van der Waals surface area contributed by atoms with Crippen LogP contribution in [-0.2, 0) is 16.0 Å². The molecule has 0 aliphatic heterocycles. The molecule has 3 aromatic rings. The first-order chi connectivity index (χ1) is 13.5. The third-order valence-corrected chi connectivity index (χ3v) is 5.42. The fourth-order valence-electron chi connectivity index (χ4n) is 2.83. The van der Waals surface area contributed by atoms with Gasteiger partial charge in [0.05, 0.1) is 18.7 Å². The van der Waals surface area contributed by atoms with E-state index in [0.29, 0.717) is 22.0 Å². The monoisotopic (exact) mass is 415 g/mol. The zero-order valence-corrected chi connectivity index (χ0v) is 16.7. The molecule has 0 bridgehead atoms. The molecule has 3 rings (SSSR count). The number of carboxylic acid groups (broad SMARTS) is 1. The van der Waals surface area contributed by atoms with Gasteiger partial charge < -0.3 is 9.84 Å². The molecule has 0 radical (unpaired) electrons. The lowest BCUT2D eigenvalue weighted by atomic mass is 9.92. The predicted molar refractivity (Wildman–Crippen MR) is 109 cm³/mol. The van der Waals surface area contributed by atoms with Crippen molar-refractivity contribution in [2.24, 2.45) is 0 Å². The summed E-state index contributed by atoms with van der Waals surface area (Å²) in [7, 11) is 1.54. The molecule has 1 N–H and O–H groups in total. The number of methoxy groups -OCH3 is 1. The first kappa shape index (κ1) is 20.0. The van der Waals surface area contributed by atoms with Crippen LogP contribution < -0.4 is 4.74 Å². The molecular formula is C21H18ClNO4S. The number of Topliss-reactive ketones (excluding diaryl/α,β-unsaturated/α-hetero) is 1. The second-order valence-corrected chi connectivity index (χ2v) is 7.53. The summed E-state index contributed by atoms with van der Waals surface area (Å²) in [6.07, 6.45) is 0.00267. The van der Waals surface area contributed by atoms with Crippen molar-refractivity contribution >= 4 is 34.7 Å². The molecule has 2 aromatic carbocycles. The van der Waals surface area contributed by atoms with Crippen LogP contribution in [0.15, 0.2) is 53.9 Å². The third kappa shape index (κ3) is 4.97. The minimum absolute atomic E-state index is 0.0916. The van der Waals surface area contributed by atoms with Gasteiger partial charge in [-0.05, 0) is 29.8 Å². The van der Waals surface area contributed by atoms with Crippen LogP contribution in [0.5, 0.6) is 5.75 Å². The summed E-state index contributed by atoms with van der Waals surface area (Å²) in [6, 6.07) is 14.1. The second kappa shape index (κ2) is 8.99. The number of carboxylic acids is 1. The number of nitrogens with zero attached hydrogens (tertiary/aromatic N) is 1. The minimum Gasteiger partial charge on any atom is -0.497 e. The number of rotatable bonds is 8. The second-order valence-electron chi connectivity index (χ2n) is 6.24. The Morgan fingerprint density at radius 1 is 1.21 bits per heavy atom. The summed E-state index contributed by atoms with van der Waals surface area (Å²) in [5.41, 5.74) is 2.08. The van der Waals surface area contributed by atoms with Crippen molar-refractivity contribution in [3.8, 4) is 16.3 Å². The highest BCUT2D eigenvalue weighted by Gasteiger charge is 2.24. The Kier molecular flexibility index (Phi) is 6.44. The van der Waals surface area contributed by atoms with E-state index in [1.807, 2.05) is 23.6 Å². The van der Waals surface area contributed by atoms with Gasteiger partial charge in [0.15, 0.2) is 0 Å². The number of benzene rings is 2. The summed E-state index contributed by atoms with van der Waals surface area (Å²) >= 11 is 7.44. The molecule has 0 saturated carbocycles. The molecule has 5 nitrogen and oxygen atoms in total. The molecule has 0 fully saturated rings. The Bertz CT molecular complexity index is 984. The Hall–Kier alpha value is -2.70. The number of halogens is 1. The molecule has 0 saturated heterocycles. The van der Waals surface area contributed by atoms with Crippen LogP contribution in [0, 0.1) is 0 Å². The zero-order chi connectivity index (χ0) is 20.1. The smallest absolute Gasteiger partial charge is 0.311 e.